The molecule has 0 radical (unpaired) electrons. The minimum atomic E-state index is -0.622. The van der Waals surface area contributed by atoms with Gasteiger partial charge in [0.05, 0.1) is 43.6 Å². The van der Waals surface area contributed by atoms with Gasteiger partial charge in [0.1, 0.15) is 16.5 Å². The van der Waals surface area contributed by atoms with E-state index >= 15 is 0 Å². The van der Waals surface area contributed by atoms with Crippen LogP contribution in [-0.2, 0) is 0 Å². The second-order valence-corrected chi connectivity index (χ2v) is 9.06. The first-order valence-corrected chi connectivity index (χ1v) is 12.1. The lowest BCUT2D eigenvalue weighted by Gasteiger charge is -2.09. The van der Waals surface area contributed by atoms with Crippen molar-refractivity contribution in [2.24, 2.45) is 0 Å². The van der Waals surface area contributed by atoms with Gasteiger partial charge in [0.25, 0.3) is 0 Å². The lowest BCUT2D eigenvalue weighted by atomic mass is 10.1. The van der Waals surface area contributed by atoms with Crippen LogP contribution in [0.3, 0.4) is 0 Å². The number of aromatic nitrogens is 1. The molecule has 0 spiro atoms. The number of anilines is 1. The number of nitrogens with zero attached hydrogens (tertiary/aromatic N) is 2. The fraction of sp³-hybridized carbons (Fsp3) is 0.185. The van der Waals surface area contributed by atoms with Gasteiger partial charge in [0.15, 0.2) is 11.5 Å². The Bertz CT molecular complexity index is 1560. The number of hydrogen-bond acceptors (Lipinski definition) is 10. The van der Waals surface area contributed by atoms with Gasteiger partial charge in [-0.3, -0.25) is 14.9 Å². The average Bonchev–Trinajstić information content (AvgIpc) is 3.36. The van der Waals surface area contributed by atoms with Gasteiger partial charge in [-0.15, -0.1) is 11.3 Å². The van der Waals surface area contributed by atoms with Crippen molar-refractivity contribution in [1.29, 1.82) is 0 Å². The molecule has 0 bridgehead atoms. The number of aryl methyl sites for hydroxylation is 1. The second kappa shape index (κ2) is 11.2. The third-order valence-corrected chi connectivity index (χ3v) is 6.91. The molecule has 196 valence electrons. The van der Waals surface area contributed by atoms with Gasteiger partial charge in [-0.25, -0.2) is 4.98 Å². The number of carbonyl (C=O) groups excluding carboxylic acids is 1. The lowest BCUT2D eigenvalue weighted by molar-refractivity contribution is -0.385. The smallest absolute Gasteiger partial charge is 0.315 e. The van der Waals surface area contributed by atoms with Crippen LogP contribution in [-0.4, -0.2) is 44.1 Å². The summed E-state index contributed by atoms with van der Waals surface area (Å²) in [5, 5.41) is 15.3. The molecular formula is C27H25N3O7S. The molecule has 11 heteroatoms. The van der Waals surface area contributed by atoms with Crippen molar-refractivity contribution >= 4 is 38.7 Å². The zero-order chi connectivity index (χ0) is 27.4. The van der Waals surface area contributed by atoms with Crippen molar-refractivity contribution in [1.82, 2.24) is 4.98 Å². The maximum Gasteiger partial charge on any atom is 0.315 e. The first-order chi connectivity index (χ1) is 18.3. The summed E-state index contributed by atoms with van der Waals surface area (Å²) in [6.07, 6.45) is 2.78. The Morgan fingerprint density at radius 1 is 1.00 bits per heavy atom. The van der Waals surface area contributed by atoms with E-state index < -0.39 is 10.7 Å². The summed E-state index contributed by atoms with van der Waals surface area (Å²) in [5.41, 5.74) is 3.20. The van der Waals surface area contributed by atoms with E-state index in [0.29, 0.717) is 11.5 Å². The third kappa shape index (κ3) is 5.23. The molecule has 4 aromatic rings. The van der Waals surface area contributed by atoms with Crippen LogP contribution in [0.4, 0.5) is 11.4 Å². The Balaban J connectivity index is 1.54. The van der Waals surface area contributed by atoms with E-state index in [2.05, 4.69) is 5.32 Å². The summed E-state index contributed by atoms with van der Waals surface area (Å²) in [6, 6.07) is 12.1. The van der Waals surface area contributed by atoms with Crippen molar-refractivity contribution in [3.05, 3.63) is 76.0 Å². The van der Waals surface area contributed by atoms with Crippen LogP contribution in [0.2, 0.25) is 0 Å². The SMILES string of the molecule is COc1cc(OC)c2sc(-c3ccc(N/C=C\C(=O)c4cc(OC)c(OC)c([N+](=O)[O-])c4)c(C)c3)nc2c1. The van der Waals surface area contributed by atoms with Crippen LogP contribution >= 0.6 is 11.3 Å². The number of benzene rings is 3. The van der Waals surface area contributed by atoms with Gasteiger partial charge in [0.2, 0.25) is 5.75 Å². The Labute approximate surface area is 222 Å². The standard InChI is InChI=1S/C27H25N3O7S/c1-15-10-16(27-29-20-13-18(34-2)14-24(36-4)26(20)38-27)6-7-19(15)28-9-8-22(31)17-11-21(30(32)33)25(37-5)23(12-17)35-3/h6-14,28H,1-5H3/b9-8-. The molecule has 3 aromatic carbocycles. The average molecular weight is 536 g/mol. The van der Waals surface area contributed by atoms with Crippen LogP contribution < -0.4 is 24.3 Å². The Kier molecular flexibility index (Phi) is 7.77. The molecule has 0 aliphatic rings. The Morgan fingerprint density at radius 2 is 1.76 bits per heavy atom. The van der Waals surface area contributed by atoms with E-state index in [1.54, 1.807) is 14.2 Å². The number of nitro benzene ring substituents is 1. The summed E-state index contributed by atoms with van der Waals surface area (Å²) in [4.78, 5) is 28.3. The first-order valence-electron chi connectivity index (χ1n) is 11.3. The number of carbonyl (C=O) groups is 1. The molecule has 1 aromatic heterocycles. The zero-order valence-electron chi connectivity index (χ0n) is 21.4. The third-order valence-electron chi connectivity index (χ3n) is 5.77. The van der Waals surface area contributed by atoms with Crippen molar-refractivity contribution in [2.45, 2.75) is 6.92 Å². The summed E-state index contributed by atoms with van der Waals surface area (Å²) in [5.74, 6) is 0.995. The molecule has 0 aliphatic carbocycles. The number of nitrogens with one attached hydrogen (secondary N) is 1. The zero-order valence-corrected chi connectivity index (χ0v) is 22.2. The number of hydrogen-bond donors (Lipinski definition) is 1. The molecule has 0 amide bonds. The molecule has 10 nitrogen and oxygen atoms in total. The quantitative estimate of drug-likeness (QED) is 0.112. The summed E-state index contributed by atoms with van der Waals surface area (Å²) in [7, 11) is 5.86. The number of ether oxygens (including phenoxy) is 4. The lowest BCUT2D eigenvalue weighted by Crippen LogP contribution is -2.02. The van der Waals surface area contributed by atoms with E-state index in [4.69, 9.17) is 23.9 Å². The number of methoxy groups -OCH3 is 4. The molecular weight excluding hydrogens is 510 g/mol. The second-order valence-electron chi connectivity index (χ2n) is 8.06. The molecule has 1 N–H and O–H groups in total. The molecule has 0 aliphatic heterocycles. The predicted octanol–water partition coefficient (Wildman–Crippen LogP) is 6.02. The first kappa shape index (κ1) is 26.4. The monoisotopic (exact) mass is 535 g/mol. The van der Waals surface area contributed by atoms with Crippen LogP contribution in [0.15, 0.2) is 54.7 Å². The minimum Gasteiger partial charge on any atom is -0.497 e. The van der Waals surface area contributed by atoms with Crippen LogP contribution in [0.5, 0.6) is 23.0 Å². The highest BCUT2D eigenvalue weighted by atomic mass is 32.1. The van der Waals surface area contributed by atoms with Crippen molar-refractivity contribution in [3.63, 3.8) is 0 Å². The van der Waals surface area contributed by atoms with Gasteiger partial charge >= 0.3 is 5.69 Å². The molecule has 38 heavy (non-hydrogen) atoms. The van der Waals surface area contributed by atoms with Gasteiger partial charge in [0, 0.05) is 47.3 Å². The molecule has 0 atom stereocenters. The van der Waals surface area contributed by atoms with E-state index in [1.165, 1.54) is 43.9 Å². The molecule has 0 saturated carbocycles. The number of thiazole rings is 1. The van der Waals surface area contributed by atoms with Crippen molar-refractivity contribution < 1.29 is 28.7 Å². The van der Waals surface area contributed by atoms with E-state index in [0.717, 1.165) is 38.1 Å². The number of ketones is 1. The fourth-order valence-electron chi connectivity index (χ4n) is 3.85. The van der Waals surface area contributed by atoms with Gasteiger partial charge in [-0.05, 0) is 36.8 Å². The fourth-order valence-corrected chi connectivity index (χ4v) is 4.89. The molecule has 4 rings (SSSR count). The number of fused-ring (bicyclic) bond motifs is 1. The van der Waals surface area contributed by atoms with Crippen LogP contribution in [0.25, 0.3) is 20.8 Å². The Hall–Kier alpha value is -4.64. The number of allylic oxidation sites excluding steroid dienone is 1. The maximum atomic E-state index is 12.7. The largest absolute Gasteiger partial charge is 0.497 e. The van der Waals surface area contributed by atoms with E-state index in [-0.39, 0.29) is 22.7 Å². The summed E-state index contributed by atoms with van der Waals surface area (Å²) < 4.78 is 22.0. The number of rotatable bonds is 10. The van der Waals surface area contributed by atoms with Gasteiger partial charge in [-0.2, -0.15) is 0 Å². The van der Waals surface area contributed by atoms with E-state index in [9.17, 15) is 14.9 Å². The van der Waals surface area contributed by atoms with Crippen molar-refractivity contribution in [3.8, 4) is 33.6 Å². The molecule has 0 saturated heterocycles. The highest BCUT2D eigenvalue weighted by molar-refractivity contribution is 7.22. The molecule has 1 heterocycles. The maximum absolute atomic E-state index is 12.7. The van der Waals surface area contributed by atoms with Gasteiger partial charge in [-0.1, -0.05) is 0 Å². The summed E-state index contributed by atoms with van der Waals surface area (Å²) >= 11 is 1.53. The Morgan fingerprint density at radius 3 is 2.39 bits per heavy atom. The number of nitro groups is 1. The van der Waals surface area contributed by atoms with Gasteiger partial charge < -0.3 is 24.3 Å². The summed E-state index contributed by atoms with van der Waals surface area (Å²) in [6.45, 7) is 1.94. The molecule has 0 unspecified atom stereocenters. The van der Waals surface area contributed by atoms with Crippen LogP contribution in [0, 0.1) is 17.0 Å². The van der Waals surface area contributed by atoms with Crippen molar-refractivity contribution in [2.75, 3.05) is 33.8 Å². The highest BCUT2D eigenvalue weighted by Crippen LogP contribution is 2.40. The van der Waals surface area contributed by atoms with Crippen LogP contribution in [0.1, 0.15) is 15.9 Å². The van der Waals surface area contributed by atoms with E-state index in [1.807, 2.05) is 37.3 Å². The minimum absolute atomic E-state index is 0.0439. The highest BCUT2D eigenvalue weighted by Gasteiger charge is 2.23. The predicted molar refractivity (Wildman–Crippen MR) is 146 cm³/mol. The molecule has 0 fully saturated rings. The topological polar surface area (TPSA) is 122 Å². The normalized spacial score (nSPS) is 11.0.